The first-order valence-electron chi connectivity index (χ1n) is 8.17. The number of hydrogen-bond donors (Lipinski definition) is 1. The van der Waals surface area contributed by atoms with Crippen molar-refractivity contribution in [1.29, 1.82) is 0 Å². The van der Waals surface area contributed by atoms with Gasteiger partial charge in [-0.2, -0.15) is 0 Å². The Hall–Kier alpha value is -1.36. The van der Waals surface area contributed by atoms with Crippen molar-refractivity contribution in [3.63, 3.8) is 0 Å². The van der Waals surface area contributed by atoms with Crippen LogP contribution in [0.15, 0.2) is 6.07 Å². The average molecular weight is 321 g/mol. The van der Waals surface area contributed by atoms with E-state index in [0.29, 0.717) is 12.8 Å². The Kier molecular flexibility index (Phi) is 4.52. The van der Waals surface area contributed by atoms with Crippen molar-refractivity contribution in [2.75, 3.05) is 7.11 Å². The molecule has 1 amide bonds. The minimum atomic E-state index is -0.812. The second-order valence-corrected chi connectivity index (χ2v) is 7.49. The molecule has 22 heavy (non-hydrogen) atoms. The van der Waals surface area contributed by atoms with E-state index in [0.717, 1.165) is 30.6 Å². The molecule has 2 aliphatic rings. The molecule has 4 nitrogen and oxygen atoms in total. The summed E-state index contributed by atoms with van der Waals surface area (Å²) in [7, 11) is 1.39. The number of nitrogens with one attached hydrogen (secondary N) is 1. The van der Waals surface area contributed by atoms with E-state index >= 15 is 0 Å². The molecule has 1 aromatic heterocycles. The molecule has 3 rings (SSSR count). The van der Waals surface area contributed by atoms with Gasteiger partial charge in [0.2, 0.25) is 0 Å². The molecule has 0 aromatic carbocycles. The van der Waals surface area contributed by atoms with Gasteiger partial charge in [0.1, 0.15) is 5.54 Å². The van der Waals surface area contributed by atoms with Crippen molar-refractivity contribution in [3.05, 3.63) is 21.4 Å². The lowest BCUT2D eigenvalue weighted by Gasteiger charge is -2.26. The molecule has 120 valence electrons. The van der Waals surface area contributed by atoms with Crippen LogP contribution < -0.4 is 5.32 Å². The van der Waals surface area contributed by atoms with Gasteiger partial charge in [-0.05, 0) is 50.2 Å². The fraction of sp³-hybridized carbons (Fsp3) is 0.647. The van der Waals surface area contributed by atoms with Crippen molar-refractivity contribution < 1.29 is 14.3 Å². The summed E-state index contributed by atoms with van der Waals surface area (Å²) < 4.78 is 4.92. The van der Waals surface area contributed by atoms with Gasteiger partial charge in [0.25, 0.3) is 5.91 Å². The Balaban J connectivity index is 1.77. The van der Waals surface area contributed by atoms with Crippen molar-refractivity contribution in [1.82, 2.24) is 5.32 Å². The van der Waals surface area contributed by atoms with Crippen LogP contribution in [0.3, 0.4) is 0 Å². The number of ether oxygens (including phenoxy) is 1. The van der Waals surface area contributed by atoms with E-state index in [4.69, 9.17) is 4.74 Å². The van der Waals surface area contributed by atoms with Crippen LogP contribution in [0.4, 0.5) is 0 Å². The normalized spacial score (nSPS) is 20.0. The maximum absolute atomic E-state index is 12.6. The number of amides is 1. The van der Waals surface area contributed by atoms with Crippen LogP contribution in [0, 0.1) is 0 Å². The summed E-state index contributed by atoms with van der Waals surface area (Å²) in [5.74, 6) is -0.429. The van der Waals surface area contributed by atoms with Crippen LogP contribution in [0.5, 0.6) is 0 Å². The van der Waals surface area contributed by atoms with E-state index in [1.807, 2.05) is 6.07 Å². The van der Waals surface area contributed by atoms with Gasteiger partial charge in [-0.1, -0.05) is 19.3 Å². The van der Waals surface area contributed by atoms with E-state index in [1.165, 1.54) is 36.8 Å². The molecule has 1 N–H and O–H groups in total. The van der Waals surface area contributed by atoms with Crippen LogP contribution in [0.25, 0.3) is 0 Å². The monoisotopic (exact) mass is 321 g/mol. The van der Waals surface area contributed by atoms with E-state index in [-0.39, 0.29) is 11.9 Å². The fourth-order valence-corrected chi connectivity index (χ4v) is 4.76. The number of fused-ring (bicyclic) bond motifs is 1. The molecule has 1 aromatic rings. The SMILES string of the molecule is COC(=O)C1(NC(=O)c2cc3c(s2)CCCCC3)CCCC1. The number of hydrogen-bond acceptors (Lipinski definition) is 4. The number of carbonyl (C=O) groups excluding carboxylic acids is 2. The minimum Gasteiger partial charge on any atom is -0.467 e. The van der Waals surface area contributed by atoms with Gasteiger partial charge in [0, 0.05) is 4.88 Å². The van der Waals surface area contributed by atoms with Gasteiger partial charge in [-0.15, -0.1) is 11.3 Å². The summed E-state index contributed by atoms with van der Waals surface area (Å²) in [6.45, 7) is 0. The molecule has 0 unspecified atom stereocenters. The number of methoxy groups -OCH3 is 1. The summed E-state index contributed by atoms with van der Waals surface area (Å²) in [6, 6.07) is 2.03. The number of thiophene rings is 1. The lowest BCUT2D eigenvalue weighted by molar-refractivity contribution is -0.148. The predicted molar refractivity (Wildman–Crippen MR) is 86.3 cm³/mol. The van der Waals surface area contributed by atoms with E-state index < -0.39 is 5.54 Å². The second kappa shape index (κ2) is 6.41. The number of rotatable bonds is 3. The van der Waals surface area contributed by atoms with Crippen molar-refractivity contribution in [2.24, 2.45) is 0 Å². The molecular formula is C17H23NO3S. The number of carbonyl (C=O) groups is 2. The lowest BCUT2D eigenvalue weighted by Crippen LogP contribution is -2.53. The maximum Gasteiger partial charge on any atom is 0.331 e. The Labute approximate surface area is 135 Å². The molecule has 0 spiro atoms. The molecular weight excluding hydrogens is 298 g/mol. The van der Waals surface area contributed by atoms with Gasteiger partial charge >= 0.3 is 5.97 Å². The summed E-state index contributed by atoms with van der Waals surface area (Å²) >= 11 is 1.59. The van der Waals surface area contributed by atoms with Gasteiger partial charge < -0.3 is 10.1 Å². The first-order chi connectivity index (χ1) is 10.6. The van der Waals surface area contributed by atoms with Gasteiger partial charge in [0.05, 0.1) is 12.0 Å². The zero-order chi connectivity index (χ0) is 15.6. The van der Waals surface area contributed by atoms with E-state index in [2.05, 4.69) is 5.32 Å². The third-order valence-electron chi connectivity index (χ3n) is 4.86. The van der Waals surface area contributed by atoms with Crippen LogP contribution >= 0.6 is 11.3 Å². The highest BCUT2D eigenvalue weighted by molar-refractivity contribution is 7.14. The third kappa shape index (κ3) is 2.91. The van der Waals surface area contributed by atoms with Crippen LogP contribution in [-0.4, -0.2) is 24.5 Å². The first-order valence-corrected chi connectivity index (χ1v) is 8.99. The standard InChI is InChI=1S/C17H23NO3S/c1-21-16(20)17(9-5-6-10-17)18-15(19)14-11-12-7-3-2-4-8-13(12)22-14/h11H,2-10H2,1H3,(H,18,19). The number of esters is 1. The zero-order valence-electron chi connectivity index (χ0n) is 13.1. The van der Waals surface area contributed by atoms with Crippen molar-refractivity contribution in [2.45, 2.75) is 63.3 Å². The molecule has 1 heterocycles. The Morgan fingerprint density at radius 2 is 1.86 bits per heavy atom. The Morgan fingerprint density at radius 1 is 1.14 bits per heavy atom. The molecule has 0 aliphatic heterocycles. The molecule has 0 radical (unpaired) electrons. The molecule has 0 atom stereocenters. The summed E-state index contributed by atoms with van der Waals surface area (Å²) in [5.41, 5.74) is 0.513. The molecule has 5 heteroatoms. The quantitative estimate of drug-likeness (QED) is 0.687. The fourth-order valence-electron chi connectivity index (χ4n) is 3.61. The van der Waals surface area contributed by atoms with E-state index in [1.54, 1.807) is 11.3 Å². The van der Waals surface area contributed by atoms with Gasteiger partial charge in [-0.25, -0.2) is 4.79 Å². The topological polar surface area (TPSA) is 55.4 Å². The Bertz CT molecular complexity index is 549. The highest BCUT2D eigenvalue weighted by Gasteiger charge is 2.43. The second-order valence-electron chi connectivity index (χ2n) is 6.35. The summed E-state index contributed by atoms with van der Waals surface area (Å²) in [6.07, 6.45) is 9.10. The van der Waals surface area contributed by atoms with Crippen LogP contribution in [-0.2, 0) is 22.4 Å². The summed E-state index contributed by atoms with van der Waals surface area (Å²) in [5, 5.41) is 2.98. The highest BCUT2D eigenvalue weighted by Crippen LogP contribution is 2.33. The average Bonchev–Trinajstić information content (AvgIpc) is 3.10. The first kappa shape index (κ1) is 15.5. The van der Waals surface area contributed by atoms with Crippen LogP contribution in [0.2, 0.25) is 0 Å². The van der Waals surface area contributed by atoms with Gasteiger partial charge in [-0.3, -0.25) is 4.79 Å². The Morgan fingerprint density at radius 3 is 2.59 bits per heavy atom. The lowest BCUT2D eigenvalue weighted by atomic mass is 9.97. The molecule has 1 saturated carbocycles. The maximum atomic E-state index is 12.6. The van der Waals surface area contributed by atoms with Crippen molar-refractivity contribution in [3.8, 4) is 0 Å². The van der Waals surface area contributed by atoms with Gasteiger partial charge in [0.15, 0.2) is 0 Å². The molecule has 1 fully saturated rings. The van der Waals surface area contributed by atoms with E-state index in [9.17, 15) is 9.59 Å². The molecule has 2 aliphatic carbocycles. The molecule has 0 bridgehead atoms. The highest BCUT2D eigenvalue weighted by atomic mass is 32.1. The largest absolute Gasteiger partial charge is 0.467 e. The molecule has 0 saturated heterocycles. The predicted octanol–water partition coefficient (Wildman–Crippen LogP) is 3.23. The zero-order valence-corrected chi connectivity index (χ0v) is 13.9. The van der Waals surface area contributed by atoms with Crippen LogP contribution in [0.1, 0.15) is 65.1 Å². The van der Waals surface area contributed by atoms with Crippen molar-refractivity contribution >= 4 is 23.2 Å². The number of aryl methyl sites for hydroxylation is 2. The summed E-state index contributed by atoms with van der Waals surface area (Å²) in [4.78, 5) is 26.8. The smallest absolute Gasteiger partial charge is 0.331 e. The minimum absolute atomic E-state index is 0.120. The third-order valence-corrected chi connectivity index (χ3v) is 6.09.